The summed E-state index contributed by atoms with van der Waals surface area (Å²) in [6.45, 7) is 11.3. The molecule has 0 aromatic carbocycles. The van der Waals surface area contributed by atoms with Crippen molar-refractivity contribution in [2.45, 2.75) is 52.0 Å². The molecule has 2 heterocycles. The molecule has 1 saturated heterocycles. The molecule has 1 saturated carbocycles. The third-order valence-corrected chi connectivity index (χ3v) is 6.49. The Kier molecular flexibility index (Phi) is 9.27. The van der Waals surface area contributed by atoms with Crippen molar-refractivity contribution in [2.75, 3.05) is 57.4 Å². The van der Waals surface area contributed by atoms with E-state index in [9.17, 15) is 4.39 Å². The van der Waals surface area contributed by atoms with Crippen molar-refractivity contribution in [1.29, 1.82) is 0 Å². The second kappa shape index (κ2) is 12.2. The minimum absolute atomic E-state index is 0.400. The van der Waals surface area contributed by atoms with Crippen LogP contribution in [0.1, 0.15) is 43.9 Å². The fourth-order valence-corrected chi connectivity index (χ4v) is 4.18. The van der Waals surface area contributed by atoms with Gasteiger partial charge in [-0.1, -0.05) is 37.6 Å². The molecule has 1 aliphatic carbocycles. The summed E-state index contributed by atoms with van der Waals surface area (Å²) in [6, 6.07) is 0.834. The lowest BCUT2D eigenvalue weighted by molar-refractivity contribution is 0.120. The van der Waals surface area contributed by atoms with Crippen LogP contribution in [0.25, 0.3) is 0 Å². The van der Waals surface area contributed by atoms with Gasteiger partial charge in [0.15, 0.2) is 0 Å². The lowest BCUT2D eigenvalue weighted by Gasteiger charge is -2.42. The first-order chi connectivity index (χ1) is 14.7. The first-order valence-corrected chi connectivity index (χ1v) is 11.6. The number of anilines is 1. The van der Waals surface area contributed by atoms with E-state index in [0.29, 0.717) is 0 Å². The van der Waals surface area contributed by atoms with Crippen LogP contribution >= 0.6 is 0 Å². The third kappa shape index (κ3) is 6.61. The summed E-state index contributed by atoms with van der Waals surface area (Å²) in [5.41, 5.74) is 2.35. The molecule has 0 bridgehead atoms. The van der Waals surface area contributed by atoms with Gasteiger partial charge in [0.25, 0.3) is 0 Å². The zero-order valence-corrected chi connectivity index (χ0v) is 18.8. The Morgan fingerprint density at radius 2 is 1.90 bits per heavy atom. The van der Waals surface area contributed by atoms with Gasteiger partial charge >= 0.3 is 0 Å². The number of hydrogen-bond acceptors (Lipinski definition) is 5. The van der Waals surface area contributed by atoms with Gasteiger partial charge in [-0.15, -0.1) is 0 Å². The van der Waals surface area contributed by atoms with Crippen LogP contribution in [0.5, 0.6) is 0 Å². The highest BCUT2D eigenvalue weighted by Crippen LogP contribution is 2.26. The molecule has 30 heavy (non-hydrogen) atoms. The number of nitrogens with zero attached hydrogens (tertiary/aromatic N) is 5. The van der Waals surface area contributed by atoms with E-state index in [1.807, 2.05) is 12.3 Å². The van der Waals surface area contributed by atoms with Gasteiger partial charge < -0.3 is 9.80 Å². The van der Waals surface area contributed by atoms with E-state index in [0.717, 1.165) is 76.3 Å². The average Bonchev–Trinajstić information content (AvgIpc) is 2.73. The van der Waals surface area contributed by atoms with Crippen LogP contribution in [0.4, 0.5) is 10.3 Å². The van der Waals surface area contributed by atoms with Crippen LogP contribution in [0, 0.1) is 6.92 Å². The summed E-state index contributed by atoms with van der Waals surface area (Å²) in [4.78, 5) is 17.0. The van der Waals surface area contributed by atoms with Gasteiger partial charge in [-0.25, -0.2) is 14.4 Å². The molecule has 166 valence electrons. The number of rotatable bonds is 11. The molecule has 1 aliphatic heterocycles. The summed E-state index contributed by atoms with van der Waals surface area (Å²) < 4.78 is 12.0. The van der Waals surface area contributed by atoms with Crippen molar-refractivity contribution in [3.8, 4) is 0 Å². The van der Waals surface area contributed by atoms with E-state index in [1.54, 1.807) is 6.08 Å². The van der Waals surface area contributed by atoms with Crippen LogP contribution in [0.2, 0.25) is 0 Å². The van der Waals surface area contributed by atoms with Crippen LogP contribution in [-0.4, -0.2) is 78.3 Å². The number of piperazine rings is 1. The molecule has 3 rings (SSSR count). The maximum atomic E-state index is 12.0. The highest BCUT2D eigenvalue weighted by molar-refractivity contribution is 5.34. The predicted molar refractivity (Wildman–Crippen MR) is 123 cm³/mol. The number of allylic oxidation sites excluding steroid dienone is 3. The zero-order valence-electron chi connectivity index (χ0n) is 18.8. The SMILES string of the molecule is CCN(CC/C=C\C=C/CF)CCc1cnc(N2CCN(C3CCC3)CC2)nc1C. The maximum Gasteiger partial charge on any atom is 0.225 e. The standard InChI is InChI=1S/C24H38FN5/c1-3-28(14-8-6-4-5-7-13-25)15-12-22-20-26-24(27-21(22)2)30-18-16-29(17-19-30)23-10-9-11-23/h4-7,20,23H,3,8-19H2,1-2H3/b6-4-,7-5-. The molecule has 2 aliphatic rings. The normalized spacial score (nSPS) is 18.7. The van der Waals surface area contributed by atoms with Gasteiger partial charge in [0, 0.05) is 57.2 Å². The molecular weight excluding hydrogens is 377 g/mol. The molecule has 0 radical (unpaired) electrons. The molecular formula is C24H38FN5. The van der Waals surface area contributed by atoms with E-state index in [1.165, 1.54) is 30.9 Å². The van der Waals surface area contributed by atoms with Crippen molar-refractivity contribution in [3.05, 3.63) is 41.8 Å². The Hall–Kier alpha value is -1.79. The molecule has 2 fully saturated rings. The smallest absolute Gasteiger partial charge is 0.225 e. The lowest BCUT2D eigenvalue weighted by atomic mass is 9.91. The van der Waals surface area contributed by atoms with Gasteiger partial charge in [-0.3, -0.25) is 4.90 Å². The number of halogens is 1. The Morgan fingerprint density at radius 1 is 1.13 bits per heavy atom. The van der Waals surface area contributed by atoms with E-state index in [4.69, 9.17) is 9.97 Å². The monoisotopic (exact) mass is 415 g/mol. The van der Waals surface area contributed by atoms with Gasteiger partial charge in [0.2, 0.25) is 5.95 Å². The Morgan fingerprint density at radius 3 is 2.53 bits per heavy atom. The Balaban J connectivity index is 1.44. The molecule has 6 heteroatoms. The number of hydrogen-bond donors (Lipinski definition) is 0. The highest BCUT2D eigenvalue weighted by atomic mass is 19.1. The second-order valence-corrected chi connectivity index (χ2v) is 8.37. The molecule has 5 nitrogen and oxygen atoms in total. The number of aryl methyl sites for hydroxylation is 1. The summed E-state index contributed by atoms with van der Waals surface area (Å²) in [7, 11) is 0. The molecule has 1 aromatic heterocycles. The molecule has 0 amide bonds. The Bertz CT molecular complexity index is 693. The van der Waals surface area contributed by atoms with Crippen LogP contribution in [0.15, 0.2) is 30.5 Å². The van der Waals surface area contributed by atoms with Gasteiger partial charge in [0.05, 0.1) is 0 Å². The van der Waals surface area contributed by atoms with E-state index < -0.39 is 6.67 Å². The molecule has 1 aromatic rings. The van der Waals surface area contributed by atoms with Crippen LogP contribution in [0.3, 0.4) is 0 Å². The van der Waals surface area contributed by atoms with E-state index in [-0.39, 0.29) is 0 Å². The fraction of sp³-hybridized carbons (Fsp3) is 0.667. The molecule has 0 spiro atoms. The zero-order chi connectivity index (χ0) is 21.2. The summed E-state index contributed by atoms with van der Waals surface area (Å²) in [5.74, 6) is 0.892. The van der Waals surface area contributed by atoms with Crippen molar-refractivity contribution in [2.24, 2.45) is 0 Å². The topological polar surface area (TPSA) is 35.5 Å². The number of alkyl halides is 1. The molecule has 0 atom stereocenters. The number of likely N-dealkylation sites (N-methyl/N-ethyl adjacent to an activating group) is 1. The minimum atomic E-state index is -0.400. The van der Waals surface area contributed by atoms with Crippen LogP contribution < -0.4 is 4.90 Å². The highest BCUT2D eigenvalue weighted by Gasteiger charge is 2.28. The predicted octanol–water partition coefficient (Wildman–Crippen LogP) is 3.80. The van der Waals surface area contributed by atoms with Gasteiger partial charge in [-0.05, 0) is 44.7 Å². The second-order valence-electron chi connectivity index (χ2n) is 8.37. The molecule has 0 N–H and O–H groups in total. The average molecular weight is 416 g/mol. The van der Waals surface area contributed by atoms with Crippen molar-refractivity contribution < 1.29 is 4.39 Å². The lowest BCUT2D eigenvalue weighted by Crippen LogP contribution is -2.52. The van der Waals surface area contributed by atoms with Gasteiger partial charge in [-0.2, -0.15) is 0 Å². The summed E-state index contributed by atoms with van der Waals surface area (Å²) >= 11 is 0. The number of aromatic nitrogens is 2. The molecule has 0 unspecified atom stereocenters. The largest absolute Gasteiger partial charge is 0.338 e. The van der Waals surface area contributed by atoms with E-state index >= 15 is 0 Å². The first-order valence-electron chi connectivity index (χ1n) is 11.6. The Labute approximate surface area is 181 Å². The van der Waals surface area contributed by atoms with Crippen molar-refractivity contribution >= 4 is 5.95 Å². The quantitative estimate of drug-likeness (QED) is 0.514. The van der Waals surface area contributed by atoms with Crippen LogP contribution in [-0.2, 0) is 6.42 Å². The summed E-state index contributed by atoms with van der Waals surface area (Å²) in [6.07, 6.45) is 15.5. The minimum Gasteiger partial charge on any atom is -0.338 e. The first kappa shape index (κ1) is 22.9. The van der Waals surface area contributed by atoms with Crippen molar-refractivity contribution in [1.82, 2.24) is 19.8 Å². The fourth-order valence-electron chi connectivity index (χ4n) is 4.18. The third-order valence-electron chi connectivity index (χ3n) is 6.49. The van der Waals surface area contributed by atoms with Gasteiger partial charge in [0.1, 0.15) is 6.67 Å². The summed E-state index contributed by atoms with van der Waals surface area (Å²) in [5, 5.41) is 0. The van der Waals surface area contributed by atoms with E-state index in [2.05, 4.69) is 34.6 Å². The van der Waals surface area contributed by atoms with Crippen molar-refractivity contribution in [3.63, 3.8) is 0 Å². The maximum absolute atomic E-state index is 12.0.